The summed E-state index contributed by atoms with van der Waals surface area (Å²) in [5.41, 5.74) is 1.93. The van der Waals surface area contributed by atoms with Gasteiger partial charge in [0, 0.05) is 0 Å². The standard InChI is InChI=1S/C16H14O3/c1-19-14-7-4-5-12(11-14)9-10-13-6-2-3-8-15(13)16(17)18/h2-11H,1H3,(H,17,18). The molecule has 0 radical (unpaired) electrons. The number of hydrogen-bond acceptors (Lipinski definition) is 2. The van der Waals surface area contributed by atoms with E-state index < -0.39 is 5.97 Å². The first-order valence-corrected chi connectivity index (χ1v) is 5.85. The average molecular weight is 254 g/mol. The zero-order chi connectivity index (χ0) is 13.7. The van der Waals surface area contributed by atoms with E-state index in [0.29, 0.717) is 11.1 Å². The topological polar surface area (TPSA) is 46.5 Å². The van der Waals surface area contributed by atoms with Gasteiger partial charge in [0.25, 0.3) is 0 Å². The molecule has 0 spiro atoms. The van der Waals surface area contributed by atoms with E-state index in [4.69, 9.17) is 9.84 Å². The fourth-order valence-corrected chi connectivity index (χ4v) is 1.77. The van der Waals surface area contributed by atoms with Crippen LogP contribution in [-0.4, -0.2) is 18.2 Å². The van der Waals surface area contributed by atoms with Crippen LogP contribution in [0.5, 0.6) is 5.75 Å². The van der Waals surface area contributed by atoms with Crippen LogP contribution in [0.4, 0.5) is 0 Å². The van der Waals surface area contributed by atoms with E-state index >= 15 is 0 Å². The fraction of sp³-hybridized carbons (Fsp3) is 0.0625. The number of methoxy groups -OCH3 is 1. The Hall–Kier alpha value is -2.55. The summed E-state index contributed by atoms with van der Waals surface area (Å²) < 4.78 is 5.14. The molecule has 0 saturated carbocycles. The Balaban J connectivity index is 2.30. The molecule has 0 aromatic heterocycles. The Morgan fingerprint density at radius 3 is 2.63 bits per heavy atom. The quantitative estimate of drug-likeness (QED) is 0.848. The second-order valence-electron chi connectivity index (χ2n) is 4.00. The Morgan fingerprint density at radius 1 is 1.11 bits per heavy atom. The molecule has 0 fully saturated rings. The first-order chi connectivity index (χ1) is 9.20. The summed E-state index contributed by atoms with van der Waals surface area (Å²) in [5, 5.41) is 9.09. The Bertz CT molecular complexity index is 615. The number of aromatic carboxylic acids is 1. The van der Waals surface area contributed by atoms with Gasteiger partial charge in [0.15, 0.2) is 0 Å². The van der Waals surface area contributed by atoms with Crippen molar-refractivity contribution in [3.8, 4) is 5.75 Å². The maximum Gasteiger partial charge on any atom is 0.336 e. The SMILES string of the molecule is COc1cccc(C=Cc2ccccc2C(=O)O)c1. The van der Waals surface area contributed by atoms with Crippen molar-refractivity contribution in [3.63, 3.8) is 0 Å². The molecular weight excluding hydrogens is 240 g/mol. The third kappa shape index (κ3) is 3.22. The minimum Gasteiger partial charge on any atom is -0.497 e. The fourth-order valence-electron chi connectivity index (χ4n) is 1.77. The molecule has 2 aromatic rings. The van der Waals surface area contributed by atoms with Crippen LogP contribution in [0.2, 0.25) is 0 Å². The molecule has 3 heteroatoms. The summed E-state index contributed by atoms with van der Waals surface area (Å²) in [4.78, 5) is 11.1. The van der Waals surface area contributed by atoms with Crippen molar-refractivity contribution in [1.82, 2.24) is 0 Å². The van der Waals surface area contributed by atoms with E-state index in [1.807, 2.05) is 36.4 Å². The molecule has 0 bridgehead atoms. The van der Waals surface area contributed by atoms with Crippen LogP contribution in [0, 0.1) is 0 Å². The summed E-state index contributed by atoms with van der Waals surface area (Å²) in [6.45, 7) is 0. The van der Waals surface area contributed by atoms with Crippen molar-refractivity contribution < 1.29 is 14.6 Å². The Kier molecular flexibility index (Phi) is 3.98. The molecule has 0 amide bonds. The molecule has 0 heterocycles. The highest BCUT2D eigenvalue weighted by atomic mass is 16.5. The maximum absolute atomic E-state index is 11.1. The van der Waals surface area contributed by atoms with Crippen LogP contribution in [0.25, 0.3) is 12.2 Å². The summed E-state index contributed by atoms with van der Waals surface area (Å²) in [6, 6.07) is 14.5. The number of carbonyl (C=O) groups is 1. The van der Waals surface area contributed by atoms with Crippen LogP contribution in [-0.2, 0) is 0 Å². The molecule has 3 nitrogen and oxygen atoms in total. The van der Waals surface area contributed by atoms with Crippen molar-refractivity contribution in [1.29, 1.82) is 0 Å². The summed E-state index contributed by atoms with van der Waals surface area (Å²) in [6.07, 6.45) is 3.66. The number of hydrogen-bond donors (Lipinski definition) is 1. The molecule has 0 aliphatic rings. The highest BCUT2D eigenvalue weighted by Gasteiger charge is 2.05. The van der Waals surface area contributed by atoms with Gasteiger partial charge in [0.1, 0.15) is 5.75 Å². The lowest BCUT2D eigenvalue weighted by atomic mass is 10.1. The third-order valence-electron chi connectivity index (χ3n) is 2.74. The van der Waals surface area contributed by atoms with Crippen molar-refractivity contribution in [3.05, 3.63) is 65.2 Å². The molecule has 2 rings (SSSR count). The van der Waals surface area contributed by atoms with Crippen molar-refractivity contribution >= 4 is 18.1 Å². The summed E-state index contributed by atoms with van der Waals surface area (Å²) in [5.74, 6) is -0.153. The lowest BCUT2D eigenvalue weighted by molar-refractivity contribution is 0.0696. The maximum atomic E-state index is 11.1. The van der Waals surface area contributed by atoms with Crippen LogP contribution in [0.1, 0.15) is 21.5 Å². The van der Waals surface area contributed by atoms with Gasteiger partial charge >= 0.3 is 5.97 Å². The molecule has 96 valence electrons. The number of carboxylic acid groups (broad SMARTS) is 1. The van der Waals surface area contributed by atoms with E-state index in [9.17, 15) is 4.79 Å². The predicted molar refractivity (Wildman–Crippen MR) is 75.3 cm³/mol. The molecule has 0 unspecified atom stereocenters. The zero-order valence-electron chi connectivity index (χ0n) is 10.5. The van der Waals surface area contributed by atoms with E-state index in [2.05, 4.69) is 0 Å². The summed E-state index contributed by atoms with van der Waals surface area (Å²) in [7, 11) is 1.61. The van der Waals surface area contributed by atoms with E-state index in [0.717, 1.165) is 11.3 Å². The second-order valence-corrected chi connectivity index (χ2v) is 4.00. The first kappa shape index (κ1) is 12.9. The average Bonchev–Trinajstić information content (AvgIpc) is 2.45. The molecule has 0 aliphatic heterocycles. The smallest absolute Gasteiger partial charge is 0.336 e. The predicted octanol–water partition coefficient (Wildman–Crippen LogP) is 3.56. The van der Waals surface area contributed by atoms with Gasteiger partial charge in [-0.25, -0.2) is 4.79 Å². The van der Waals surface area contributed by atoms with Gasteiger partial charge < -0.3 is 9.84 Å². The minimum atomic E-state index is -0.925. The zero-order valence-corrected chi connectivity index (χ0v) is 10.5. The Morgan fingerprint density at radius 2 is 1.89 bits per heavy atom. The van der Waals surface area contributed by atoms with Crippen molar-refractivity contribution in [2.45, 2.75) is 0 Å². The second kappa shape index (κ2) is 5.87. The van der Waals surface area contributed by atoms with Gasteiger partial charge in [-0.05, 0) is 29.3 Å². The highest BCUT2D eigenvalue weighted by Crippen LogP contribution is 2.17. The van der Waals surface area contributed by atoms with Gasteiger partial charge in [0.05, 0.1) is 12.7 Å². The first-order valence-electron chi connectivity index (χ1n) is 5.85. The Labute approximate surface area is 111 Å². The van der Waals surface area contributed by atoms with Crippen molar-refractivity contribution in [2.24, 2.45) is 0 Å². The van der Waals surface area contributed by atoms with E-state index in [-0.39, 0.29) is 0 Å². The lowest BCUT2D eigenvalue weighted by Gasteiger charge is -2.02. The highest BCUT2D eigenvalue weighted by molar-refractivity contribution is 5.93. The number of ether oxygens (including phenoxy) is 1. The number of carboxylic acids is 1. The molecule has 2 aromatic carbocycles. The monoisotopic (exact) mass is 254 g/mol. The lowest BCUT2D eigenvalue weighted by Crippen LogP contribution is -1.98. The van der Waals surface area contributed by atoms with Gasteiger partial charge in [-0.1, -0.05) is 42.5 Å². The van der Waals surface area contributed by atoms with E-state index in [1.165, 1.54) is 0 Å². The molecule has 1 N–H and O–H groups in total. The van der Waals surface area contributed by atoms with E-state index in [1.54, 1.807) is 31.4 Å². The van der Waals surface area contributed by atoms with Gasteiger partial charge in [-0.2, -0.15) is 0 Å². The van der Waals surface area contributed by atoms with Crippen molar-refractivity contribution in [2.75, 3.05) is 7.11 Å². The van der Waals surface area contributed by atoms with Crippen LogP contribution in [0.3, 0.4) is 0 Å². The van der Waals surface area contributed by atoms with Gasteiger partial charge in [-0.15, -0.1) is 0 Å². The minimum absolute atomic E-state index is 0.293. The number of benzene rings is 2. The summed E-state index contributed by atoms with van der Waals surface area (Å²) >= 11 is 0. The van der Waals surface area contributed by atoms with Crippen LogP contribution < -0.4 is 4.74 Å². The van der Waals surface area contributed by atoms with Crippen LogP contribution >= 0.6 is 0 Å². The largest absolute Gasteiger partial charge is 0.497 e. The molecule has 0 aliphatic carbocycles. The molecular formula is C16H14O3. The normalized spacial score (nSPS) is 10.6. The third-order valence-corrected chi connectivity index (χ3v) is 2.74. The van der Waals surface area contributed by atoms with Crippen LogP contribution in [0.15, 0.2) is 48.5 Å². The number of rotatable bonds is 4. The van der Waals surface area contributed by atoms with Gasteiger partial charge in [0.2, 0.25) is 0 Å². The molecule has 19 heavy (non-hydrogen) atoms. The molecule has 0 atom stereocenters. The van der Waals surface area contributed by atoms with Gasteiger partial charge in [-0.3, -0.25) is 0 Å². The molecule has 0 saturated heterocycles.